The van der Waals surface area contributed by atoms with Crippen molar-refractivity contribution < 1.29 is 0 Å². The van der Waals surface area contributed by atoms with Gasteiger partial charge in [-0.05, 0) is 38.2 Å². The molecule has 0 saturated heterocycles. The molecule has 0 amide bonds. The Balaban J connectivity index is 2.38. The van der Waals surface area contributed by atoms with Crippen LogP contribution in [0.5, 0.6) is 0 Å². The van der Waals surface area contributed by atoms with Crippen molar-refractivity contribution in [1.82, 2.24) is 0 Å². The van der Waals surface area contributed by atoms with Crippen LogP contribution < -0.4 is 0 Å². The lowest BCUT2D eigenvalue weighted by Crippen LogP contribution is -1.65. The van der Waals surface area contributed by atoms with E-state index in [1.54, 1.807) is 0 Å². The van der Waals surface area contributed by atoms with E-state index in [0.29, 0.717) is 0 Å². The average molecular weight is 173 g/mol. The van der Waals surface area contributed by atoms with Gasteiger partial charge in [0.25, 0.3) is 0 Å². The Hall–Kier alpha value is -1.04. The molecule has 0 saturated carbocycles. The fourth-order valence-corrected chi connectivity index (χ4v) is 1.18. The van der Waals surface area contributed by atoms with Crippen molar-refractivity contribution in [1.29, 1.82) is 0 Å². The molecule has 69 valence electrons. The molecule has 0 unspecified atom stereocenters. The normalized spacial score (nSPS) is 28.9. The van der Waals surface area contributed by atoms with Crippen LogP contribution in [0.3, 0.4) is 0 Å². The Labute approximate surface area is 81.4 Å². The van der Waals surface area contributed by atoms with Gasteiger partial charge in [0.1, 0.15) is 0 Å². The molecular weight excluding hydrogens is 156 g/mol. The summed E-state index contributed by atoms with van der Waals surface area (Å²) >= 11 is 0. The average Bonchev–Trinajstić information content (AvgIpc) is 2.18. The zero-order valence-electron chi connectivity index (χ0n) is 8.08. The summed E-state index contributed by atoms with van der Waals surface area (Å²) in [5.74, 6) is 0. The molecule has 0 nitrogen and oxygen atoms in total. The third-order valence-electron chi connectivity index (χ3n) is 1.91. The zero-order chi connectivity index (χ0) is 9.19. The Bertz CT molecular complexity index is 192. The van der Waals surface area contributed by atoms with Crippen molar-refractivity contribution in [2.45, 2.75) is 32.1 Å². The second kappa shape index (κ2) is 7.60. The van der Waals surface area contributed by atoms with Crippen LogP contribution in [-0.4, -0.2) is 0 Å². The summed E-state index contributed by atoms with van der Waals surface area (Å²) in [4.78, 5) is 0. The van der Waals surface area contributed by atoms with Crippen molar-refractivity contribution >= 4 is 0 Å². The molecule has 1 rings (SSSR count). The minimum absolute atomic E-state index is 1.03. The Morgan fingerprint density at radius 3 is 2.46 bits per heavy atom. The smallest absolute Gasteiger partial charge is 0.0169 e. The summed E-state index contributed by atoms with van der Waals surface area (Å²) in [6.45, 7) is 0. The van der Waals surface area contributed by atoms with Crippen molar-refractivity contribution in [2.75, 3.05) is 0 Å². The molecule has 0 heteroatoms. The molecule has 0 aliphatic heterocycles. The minimum Gasteiger partial charge on any atom is -0.0879 e. The molecule has 0 fully saturated rings. The maximum Gasteiger partial charge on any atom is -0.0169 e. The molecule has 0 atom stereocenters. The van der Waals surface area contributed by atoms with Crippen LogP contribution in [0.25, 0.3) is 0 Å². The Morgan fingerprint density at radius 1 is 0.769 bits per heavy atom. The van der Waals surface area contributed by atoms with Gasteiger partial charge < -0.3 is 0 Å². The van der Waals surface area contributed by atoms with E-state index in [1.807, 2.05) is 6.08 Å². The highest BCUT2D eigenvalue weighted by Gasteiger charge is 1.79. The summed E-state index contributed by atoms with van der Waals surface area (Å²) in [6, 6.07) is 0. The van der Waals surface area contributed by atoms with Gasteiger partial charge in [-0.25, -0.2) is 0 Å². The number of hydrogen-bond acceptors (Lipinski definition) is 0. The van der Waals surface area contributed by atoms with Gasteiger partial charge in [0.2, 0.25) is 0 Å². The van der Waals surface area contributed by atoms with Gasteiger partial charge >= 0.3 is 0 Å². The lowest BCUT2D eigenvalue weighted by Gasteiger charge is -1.85. The van der Waals surface area contributed by atoms with Gasteiger partial charge in [-0.2, -0.15) is 0 Å². The summed E-state index contributed by atoms with van der Waals surface area (Å²) < 4.78 is 0. The van der Waals surface area contributed by atoms with E-state index in [2.05, 4.69) is 42.5 Å². The summed E-state index contributed by atoms with van der Waals surface area (Å²) in [6.07, 6.45) is 24.0. The van der Waals surface area contributed by atoms with Crippen LogP contribution in [0.1, 0.15) is 32.1 Å². The second-order valence-electron chi connectivity index (χ2n) is 3.09. The van der Waals surface area contributed by atoms with Crippen LogP contribution in [0.2, 0.25) is 0 Å². The van der Waals surface area contributed by atoms with Crippen molar-refractivity contribution in [3.05, 3.63) is 48.6 Å². The fraction of sp³-hybridized carbons (Fsp3) is 0.385. The molecule has 1 aliphatic carbocycles. The van der Waals surface area contributed by atoms with Crippen LogP contribution in [0.15, 0.2) is 42.5 Å². The van der Waals surface area contributed by atoms with Crippen LogP contribution in [-0.2, 0) is 0 Å². The predicted octanol–water partition coefficient (Wildman–Crippen LogP) is 3.98. The summed E-state index contributed by atoms with van der Waals surface area (Å²) in [5, 5.41) is 0. The molecule has 0 aromatic rings. The van der Waals surface area contributed by atoms with E-state index in [1.165, 1.54) is 0 Å². The second-order valence-corrected chi connectivity index (χ2v) is 3.09. The van der Waals surface area contributed by atoms with Crippen molar-refractivity contribution in [3.63, 3.8) is 0 Å². The standard InChI is InChI=1S/C13H17/c1-2-4-6-8-10-12-13-11-9-7-5-3-1/h1-3,8,10-11,13H,4,6-7,9,12H2/b2-1-,5-3?,10-8+,13-11-. The van der Waals surface area contributed by atoms with Crippen LogP contribution in [0, 0.1) is 6.08 Å². The topological polar surface area (TPSA) is 0 Å². The molecule has 0 aromatic carbocycles. The van der Waals surface area contributed by atoms with E-state index in [0.717, 1.165) is 32.1 Å². The Morgan fingerprint density at radius 2 is 1.54 bits per heavy atom. The number of hydrogen-bond donors (Lipinski definition) is 0. The molecule has 0 bridgehead atoms. The first-order valence-corrected chi connectivity index (χ1v) is 5.02. The van der Waals surface area contributed by atoms with E-state index < -0.39 is 0 Å². The van der Waals surface area contributed by atoms with Crippen LogP contribution in [0.4, 0.5) is 0 Å². The maximum absolute atomic E-state index is 3.24. The largest absolute Gasteiger partial charge is 0.0879 e. The highest BCUT2D eigenvalue weighted by molar-refractivity contribution is 5.01. The van der Waals surface area contributed by atoms with Crippen LogP contribution >= 0.6 is 0 Å². The molecule has 0 spiro atoms. The third kappa shape index (κ3) is 6.15. The number of rotatable bonds is 0. The highest BCUT2D eigenvalue weighted by Crippen LogP contribution is 1.99. The quantitative estimate of drug-likeness (QED) is 0.486. The van der Waals surface area contributed by atoms with E-state index in [9.17, 15) is 0 Å². The van der Waals surface area contributed by atoms with Crippen molar-refractivity contribution in [3.8, 4) is 0 Å². The molecule has 0 heterocycles. The van der Waals surface area contributed by atoms with E-state index in [4.69, 9.17) is 0 Å². The molecule has 0 N–H and O–H groups in total. The zero-order valence-corrected chi connectivity index (χ0v) is 8.08. The molecule has 1 aliphatic rings. The minimum atomic E-state index is 1.03. The van der Waals surface area contributed by atoms with Gasteiger partial charge in [-0.15, -0.1) is 0 Å². The SMILES string of the molecule is [C]1=C/C=C\CC/C=C/C/C=C\CC/1. The van der Waals surface area contributed by atoms with E-state index >= 15 is 0 Å². The fourth-order valence-electron chi connectivity index (χ4n) is 1.18. The predicted molar refractivity (Wildman–Crippen MR) is 58.3 cm³/mol. The monoisotopic (exact) mass is 173 g/mol. The Kier molecular flexibility index (Phi) is 5.87. The molecule has 1 radical (unpaired) electrons. The van der Waals surface area contributed by atoms with Gasteiger partial charge in [0.05, 0.1) is 0 Å². The first kappa shape index (κ1) is 10.0. The van der Waals surface area contributed by atoms with Gasteiger partial charge in [0.15, 0.2) is 0 Å². The molecule has 0 aromatic heterocycles. The highest BCUT2D eigenvalue weighted by atomic mass is 13.9. The van der Waals surface area contributed by atoms with Crippen molar-refractivity contribution in [2.24, 2.45) is 0 Å². The van der Waals surface area contributed by atoms with Gasteiger partial charge in [-0.1, -0.05) is 42.5 Å². The van der Waals surface area contributed by atoms with Gasteiger partial charge in [0, 0.05) is 0 Å². The lowest BCUT2D eigenvalue weighted by atomic mass is 10.2. The first-order chi connectivity index (χ1) is 6.50. The molecular formula is C13H17. The summed E-state index contributed by atoms with van der Waals surface area (Å²) in [7, 11) is 0. The summed E-state index contributed by atoms with van der Waals surface area (Å²) in [5.41, 5.74) is 0. The van der Waals surface area contributed by atoms with E-state index in [-0.39, 0.29) is 0 Å². The first-order valence-electron chi connectivity index (χ1n) is 5.02. The molecule has 13 heavy (non-hydrogen) atoms. The third-order valence-corrected chi connectivity index (χ3v) is 1.91. The van der Waals surface area contributed by atoms with Gasteiger partial charge in [-0.3, -0.25) is 0 Å². The lowest BCUT2D eigenvalue weighted by molar-refractivity contribution is 1.02. The number of allylic oxidation sites excluding steroid dienone is 8. The maximum atomic E-state index is 3.24.